The average Bonchev–Trinajstić information content (AvgIpc) is 2.46. The third kappa shape index (κ3) is 3.23. The number of hydrogen-bond acceptors (Lipinski definition) is 5. The Balaban J connectivity index is 2.20. The Bertz CT molecular complexity index is 394. The van der Waals surface area contributed by atoms with E-state index in [2.05, 4.69) is 0 Å². The van der Waals surface area contributed by atoms with Gasteiger partial charge in [-0.25, -0.2) is 0 Å². The summed E-state index contributed by atoms with van der Waals surface area (Å²) in [5, 5.41) is 11.0. The molecule has 0 saturated heterocycles. The summed E-state index contributed by atoms with van der Waals surface area (Å²) in [6.45, 7) is 4.17. The Hall–Kier alpha value is -1.10. The van der Waals surface area contributed by atoms with Crippen molar-refractivity contribution in [2.45, 2.75) is 58.0 Å². The molecule has 5 nitrogen and oxygen atoms in total. The van der Waals surface area contributed by atoms with Gasteiger partial charge in [0.15, 0.2) is 0 Å². The van der Waals surface area contributed by atoms with Crippen molar-refractivity contribution in [3.63, 3.8) is 0 Å². The first-order valence-electron chi connectivity index (χ1n) is 8.08. The Labute approximate surface area is 126 Å². The molecule has 0 bridgehead atoms. The zero-order valence-electron chi connectivity index (χ0n) is 13.0. The van der Waals surface area contributed by atoms with E-state index < -0.39 is 11.5 Å². The summed E-state index contributed by atoms with van der Waals surface area (Å²) in [5.74, 6) is -1.54. The third-order valence-electron chi connectivity index (χ3n) is 4.97. The minimum atomic E-state index is -1.01. The van der Waals surface area contributed by atoms with E-state index in [4.69, 9.17) is 9.47 Å². The van der Waals surface area contributed by atoms with Crippen LogP contribution in [0.1, 0.15) is 52.4 Å². The molecule has 0 aliphatic heterocycles. The number of rotatable bonds is 4. The van der Waals surface area contributed by atoms with Crippen LogP contribution in [0.5, 0.6) is 0 Å². The van der Waals surface area contributed by atoms with Crippen LogP contribution in [0, 0.1) is 17.8 Å². The first-order chi connectivity index (χ1) is 10.0. The van der Waals surface area contributed by atoms with Crippen molar-refractivity contribution in [2.75, 3.05) is 13.2 Å². The van der Waals surface area contributed by atoms with Crippen molar-refractivity contribution in [3.8, 4) is 0 Å². The lowest BCUT2D eigenvalue weighted by atomic mass is 9.59. The molecule has 2 saturated carbocycles. The number of aliphatic hydroxyl groups is 1. The van der Waals surface area contributed by atoms with Crippen LogP contribution in [0.2, 0.25) is 0 Å². The van der Waals surface area contributed by atoms with E-state index in [-0.39, 0.29) is 23.8 Å². The highest BCUT2D eigenvalue weighted by atomic mass is 16.5. The second-order valence-electron chi connectivity index (χ2n) is 6.16. The molecule has 0 radical (unpaired) electrons. The number of hydrogen-bond donors (Lipinski definition) is 1. The number of fused-ring (bicyclic) bond motifs is 1. The fourth-order valence-electron chi connectivity index (χ4n) is 3.96. The number of esters is 2. The number of ether oxygens (including phenoxy) is 2. The van der Waals surface area contributed by atoms with E-state index in [9.17, 15) is 14.7 Å². The highest BCUT2D eigenvalue weighted by molar-refractivity contribution is 5.78. The summed E-state index contributed by atoms with van der Waals surface area (Å²) in [4.78, 5) is 24.3. The zero-order valence-corrected chi connectivity index (χ0v) is 13.0. The first-order valence-corrected chi connectivity index (χ1v) is 8.08. The van der Waals surface area contributed by atoms with Crippen LogP contribution in [0.15, 0.2) is 0 Å². The van der Waals surface area contributed by atoms with Gasteiger partial charge in [0.25, 0.3) is 0 Å². The Morgan fingerprint density at radius 1 is 1.10 bits per heavy atom. The summed E-state index contributed by atoms with van der Waals surface area (Å²) in [5.41, 5.74) is -1.01. The second kappa shape index (κ2) is 6.77. The Morgan fingerprint density at radius 2 is 1.76 bits per heavy atom. The van der Waals surface area contributed by atoms with Gasteiger partial charge in [-0.2, -0.15) is 0 Å². The molecule has 2 rings (SSSR count). The van der Waals surface area contributed by atoms with Gasteiger partial charge >= 0.3 is 11.9 Å². The van der Waals surface area contributed by atoms with Gasteiger partial charge in [0.1, 0.15) is 0 Å². The average molecular weight is 298 g/mol. The fourth-order valence-corrected chi connectivity index (χ4v) is 3.96. The van der Waals surface area contributed by atoms with Gasteiger partial charge in [-0.15, -0.1) is 0 Å². The topological polar surface area (TPSA) is 72.8 Å². The molecule has 0 aromatic heterocycles. The Kier molecular flexibility index (Phi) is 5.25. The van der Waals surface area contributed by atoms with Crippen molar-refractivity contribution < 1.29 is 24.2 Å². The van der Waals surface area contributed by atoms with Crippen LogP contribution in [-0.4, -0.2) is 35.9 Å². The highest BCUT2D eigenvalue weighted by Crippen LogP contribution is 2.49. The van der Waals surface area contributed by atoms with Gasteiger partial charge in [0.05, 0.1) is 30.7 Å². The molecule has 120 valence electrons. The molecule has 0 unspecified atom stereocenters. The van der Waals surface area contributed by atoms with Crippen molar-refractivity contribution in [2.24, 2.45) is 17.8 Å². The van der Waals surface area contributed by atoms with Crippen LogP contribution in [0.3, 0.4) is 0 Å². The molecular formula is C16H26O5. The molecule has 2 aliphatic carbocycles. The van der Waals surface area contributed by atoms with E-state index in [0.29, 0.717) is 32.5 Å². The standard InChI is InChI=1S/C16H26O5/c1-3-20-14(17)11-9-12-7-5-6-8-16(12,19)13(10-11)15(18)21-4-2/h11-13,19H,3-10H2,1-2H3/t11-,12-,13-,16-/m0/s1. The van der Waals surface area contributed by atoms with Crippen LogP contribution in [-0.2, 0) is 19.1 Å². The van der Waals surface area contributed by atoms with E-state index in [1.807, 2.05) is 0 Å². The molecule has 2 aliphatic rings. The van der Waals surface area contributed by atoms with Gasteiger partial charge in [0, 0.05) is 0 Å². The lowest BCUT2D eigenvalue weighted by Crippen LogP contribution is -2.55. The summed E-state index contributed by atoms with van der Waals surface area (Å²) < 4.78 is 10.2. The van der Waals surface area contributed by atoms with Crippen molar-refractivity contribution in [1.82, 2.24) is 0 Å². The lowest BCUT2D eigenvalue weighted by molar-refractivity contribution is -0.183. The maximum Gasteiger partial charge on any atom is 0.311 e. The quantitative estimate of drug-likeness (QED) is 0.804. The fraction of sp³-hybridized carbons (Fsp3) is 0.875. The number of carbonyl (C=O) groups is 2. The minimum absolute atomic E-state index is 0.0104. The van der Waals surface area contributed by atoms with E-state index in [1.165, 1.54) is 0 Å². The van der Waals surface area contributed by atoms with Crippen LogP contribution < -0.4 is 0 Å². The van der Waals surface area contributed by atoms with Crippen LogP contribution in [0.25, 0.3) is 0 Å². The van der Waals surface area contributed by atoms with Gasteiger partial charge in [-0.1, -0.05) is 12.8 Å². The normalized spacial score (nSPS) is 35.7. The summed E-state index contributed by atoms with van der Waals surface area (Å²) in [6, 6.07) is 0. The predicted molar refractivity (Wildman–Crippen MR) is 76.4 cm³/mol. The third-order valence-corrected chi connectivity index (χ3v) is 4.97. The van der Waals surface area contributed by atoms with Crippen LogP contribution >= 0.6 is 0 Å². The maximum absolute atomic E-state index is 12.2. The molecule has 0 aromatic carbocycles. The molecule has 21 heavy (non-hydrogen) atoms. The van der Waals surface area contributed by atoms with E-state index in [0.717, 1.165) is 19.3 Å². The first kappa shape index (κ1) is 16.3. The smallest absolute Gasteiger partial charge is 0.311 e. The summed E-state index contributed by atoms with van der Waals surface area (Å²) >= 11 is 0. The summed E-state index contributed by atoms with van der Waals surface area (Å²) in [6.07, 6.45) is 4.40. The van der Waals surface area contributed by atoms with Crippen molar-refractivity contribution in [1.29, 1.82) is 0 Å². The summed E-state index contributed by atoms with van der Waals surface area (Å²) in [7, 11) is 0. The monoisotopic (exact) mass is 298 g/mol. The van der Waals surface area contributed by atoms with E-state index >= 15 is 0 Å². The maximum atomic E-state index is 12.2. The molecule has 0 aromatic rings. The molecule has 0 heterocycles. The highest BCUT2D eigenvalue weighted by Gasteiger charge is 2.54. The molecule has 4 atom stereocenters. The molecular weight excluding hydrogens is 272 g/mol. The van der Waals surface area contributed by atoms with Crippen molar-refractivity contribution >= 4 is 11.9 Å². The zero-order chi connectivity index (χ0) is 15.5. The Morgan fingerprint density at radius 3 is 2.43 bits per heavy atom. The SMILES string of the molecule is CCOC(=O)[C@H]1C[C@@H]2CCCC[C@@]2(O)[C@H](C(=O)OCC)C1. The van der Waals surface area contributed by atoms with Crippen LogP contribution in [0.4, 0.5) is 0 Å². The molecule has 0 spiro atoms. The van der Waals surface area contributed by atoms with Gasteiger partial charge in [-0.05, 0) is 45.4 Å². The van der Waals surface area contributed by atoms with E-state index in [1.54, 1.807) is 13.8 Å². The number of carbonyl (C=O) groups excluding carboxylic acids is 2. The van der Waals surface area contributed by atoms with Gasteiger partial charge in [-0.3, -0.25) is 9.59 Å². The lowest BCUT2D eigenvalue weighted by Gasteiger charge is -2.49. The minimum Gasteiger partial charge on any atom is -0.466 e. The molecule has 1 N–H and O–H groups in total. The largest absolute Gasteiger partial charge is 0.466 e. The second-order valence-corrected chi connectivity index (χ2v) is 6.16. The molecule has 2 fully saturated rings. The van der Waals surface area contributed by atoms with Gasteiger partial charge in [0.2, 0.25) is 0 Å². The molecule has 5 heteroatoms. The molecule has 0 amide bonds. The van der Waals surface area contributed by atoms with Crippen molar-refractivity contribution in [3.05, 3.63) is 0 Å². The van der Waals surface area contributed by atoms with Gasteiger partial charge < -0.3 is 14.6 Å². The predicted octanol–water partition coefficient (Wildman–Crippen LogP) is 2.06.